The standard InChI is InChI=1S/C7H11O3/c1-3-5-7(6-4-2)9-10-8/h3-4,8H,1-2,5-6H2. The van der Waals surface area contributed by atoms with Crippen molar-refractivity contribution in [3.8, 4) is 0 Å². The molecule has 0 amide bonds. The van der Waals surface area contributed by atoms with E-state index < -0.39 is 0 Å². The second kappa shape index (κ2) is 6.48. The molecule has 0 heterocycles. The van der Waals surface area contributed by atoms with E-state index in [1.807, 2.05) is 0 Å². The smallest absolute Gasteiger partial charge is 0.146 e. The molecule has 0 saturated heterocycles. The van der Waals surface area contributed by atoms with Crippen LogP contribution in [0.4, 0.5) is 0 Å². The molecule has 10 heavy (non-hydrogen) atoms. The van der Waals surface area contributed by atoms with Gasteiger partial charge in [0.15, 0.2) is 0 Å². The minimum absolute atomic E-state index is 0.548. The number of hydrogen-bond acceptors (Lipinski definition) is 3. The van der Waals surface area contributed by atoms with Gasteiger partial charge in [-0.2, -0.15) is 4.89 Å². The molecule has 0 atom stereocenters. The summed E-state index contributed by atoms with van der Waals surface area (Å²) in [4.78, 5) is 4.35. The lowest BCUT2D eigenvalue weighted by Crippen LogP contribution is -2.00. The molecule has 0 aromatic carbocycles. The van der Waals surface area contributed by atoms with Crippen LogP contribution in [0.1, 0.15) is 12.8 Å². The van der Waals surface area contributed by atoms with Gasteiger partial charge >= 0.3 is 0 Å². The third-order valence-electron chi connectivity index (χ3n) is 0.899. The maximum absolute atomic E-state index is 7.88. The zero-order valence-electron chi connectivity index (χ0n) is 5.75. The Labute approximate surface area is 60.4 Å². The Balaban J connectivity index is 3.48. The maximum atomic E-state index is 7.88. The molecular weight excluding hydrogens is 132 g/mol. The van der Waals surface area contributed by atoms with Crippen LogP contribution < -0.4 is 0 Å². The van der Waals surface area contributed by atoms with Crippen LogP contribution in [0.3, 0.4) is 0 Å². The summed E-state index contributed by atoms with van der Waals surface area (Å²) in [6, 6.07) is 0. The van der Waals surface area contributed by atoms with Crippen molar-refractivity contribution in [3.63, 3.8) is 0 Å². The van der Waals surface area contributed by atoms with Gasteiger partial charge in [-0.25, -0.2) is 5.26 Å². The fourth-order valence-corrected chi connectivity index (χ4v) is 0.526. The Morgan fingerprint density at radius 2 is 1.80 bits per heavy atom. The van der Waals surface area contributed by atoms with Crippen molar-refractivity contribution in [1.29, 1.82) is 0 Å². The first-order chi connectivity index (χ1) is 4.85. The molecule has 0 saturated carbocycles. The summed E-state index contributed by atoms with van der Waals surface area (Å²) in [5, 5.41) is 11.4. The molecule has 0 aliphatic heterocycles. The van der Waals surface area contributed by atoms with Crippen molar-refractivity contribution >= 4 is 0 Å². The van der Waals surface area contributed by atoms with Crippen LogP contribution in [0.15, 0.2) is 25.3 Å². The van der Waals surface area contributed by atoms with E-state index in [1.165, 1.54) is 0 Å². The minimum atomic E-state index is 0.548. The molecule has 0 aliphatic rings. The SMILES string of the molecule is C=CC[C](CC=C)OOO. The summed E-state index contributed by atoms with van der Waals surface area (Å²) >= 11 is 0. The van der Waals surface area contributed by atoms with Crippen LogP contribution in [0.5, 0.6) is 0 Å². The van der Waals surface area contributed by atoms with Gasteiger partial charge in [0.05, 0.1) is 0 Å². The lowest BCUT2D eigenvalue weighted by atomic mass is 10.2. The summed E-state index contributed by atoms with van der Waals surface area (Å²) in [5.74, 6) is 0. The van der Waals surface area contributed by atoms with Gasteiger partial charge in [-0.3, -0.25) is 0 Å². The van der Waals surface area contributed by atoms with Crippen molar-refractivity contribution in [2.24, 2.45) is 0 Å². The average molecular weight is 143 g/mol. The second-order valence-electron chi connectivity index (χ2n) is 1.68. The largest absolute Gasteiger partial charge is 0.221 e. The van der Waals surface area contributed by atoms with Crippen molar-refractivity contribution in [1.82, 2.24) is 0 Å². The van der Waals surface area contributed by atoms with Gasteiger partial charge in [-0.1, -0.05) is 17.2 Å². The van der Waals surface area contributed by atoms with E-state index in [0.29, 0.717) is 18.9 Å². The quantitative estimate of drug-likeness (QED) is 0.351. The molecule has 0 unspecified atom stereocenters. The maximum Gasteiger partial charge on any atom is 0.146 e. The van der Waals surface area contributed by atoms with Crippen molar-refractivity contribution < 1.29 is 15.2 Å². The van der Waals surface area contributed by atoms with E-state index in [0.717, 1.165) is 0 Å². The van der Waals surface area contributed by atoms with Crippen LogP contribution in [0, 0.1) is 6.10 Å². The first kappa shape index (κ1) is 9.36. The van der Waals surface area contributed by atoms with E-state index >= 15 is 0 Å². The summed E-state index contributed by atoms with van der Waals surface area (Å²) in [6.07, 6.45) is 4.97. The molecule has 0 fully saturated rings. The Kier molecular flexibility index (Phi) is 6.06. The van der Waals surface area contributed by atoms with Crippen LogP contribution in [-0.2, 0) is 9.93 Å². The molecular formula is C7H11O3. The van der Waals surface area contributed by atoms with E-state index in [4.69, 9.17) is 5.26 Å². The van der Waals surface area contributed by atoms with Crippen molar-refractivity contribution in [2.45, 2.75) is 12.8 Å². The van der Waals surface area contributed by atoms with Gasteiger partial charge in [-0.15, -0.1) is 13.2 Å². The summed E-state index contributed by atoms with van der Waals surface area (Å²) < 4.78 is 0. The van der Waals surface area contributed by atoms with E-state index in [-0.39, 0.29) is 0 Å². The fraction of sp³-hybridized carbons (Fsp3) is 0.286. The molecule has 0 aromatic rings. The highest BCUT2D eigenvalue weighted by Crippen LogP contribution is 2.13. The minimum Gasteiger partial charge on any atom is -0.221 e. The molecule has 0 aliphatic carbocycles. The normalized spacial score (nSPS) is 9.80. The predicted molar refractivity (Wildman–Crippen MR) is 37.7 cm³/mol. The first-order valence-electron chi connectivity index (χ1n) is 2.89. The first-order valence-corrected chi connectivity index (χ1v) is 2.89. The highest BCUT2D eigenvalue weighted by atomic mass is 17.5. The third kappa shape index (κ3) is 4.26. The Hall–Kier alpha value is -0.640. The van der Waals surface area contributed by atoms with Gasteiger partial charge in [0.1, 0.15) is 6.10 Å². The highest BCUT2D eigenvalue weighted by Gasteiger charge is 2.06. The Morgan fingerprint density at radius 3 is 2.10 bits per heavy atom. The topological polar surface area (TPSA) is 38.7 Å². The van der Waals surface area contributed by atoms with Crippen LogP contribution >= 0.6 is 0 Å². The summed E-state index contributed by atoms with van der Waals surface area (Å²) in [5.41, 5.74) is 0. The molecule has 0 spiro atoms. The van der Waals surface area contributed by atoms with E-state index in [1.54, 1.807) is 12.2 Å². The second-order valence-corrected chi connectivity index (χ2v) is 1.68. The monoisotopic (exact) mass is 143 g/mol. The molecule has 0 bridgehead atoms. The molecule has 3 heteroatoms. The number of rotatable bonds is 6. The Bertz CT molecular complexity index is 91.0. The lowest BCUT2D eigenvalue weighted by Gasteiger charge is -2.06. The lowest BCUT2D eigenvalue weighted by molar-refractivity contribution is -0.486. The highest BCUT2D eigenvalue weighted by molar-refractivity contribution is 4.91. The molecule has 0 aromatic heterocycles. The molecule has 57 valence electrons. The fourth-order valence-electron chi connectivity index (χ4n) is 0.526. The zero-order chi connectivity index (χ0) is 7.82. The van der Waals surface area contributed by atoms with Crippen molar-refractivity contribution in [3.05, 3.63) is 31.4 Å². The average Bonchev–Trinajstić information content (AvgIpc) is 1.90. The Morgan fingerprint density at radius 1 is 1.30 bits per heavy atom. The zero-order valence-corrected chi connectivity index (χ0v) is 5.75. The van der Waals surface area contributed by atoms with Gasteiger partial charge in [0.2, 0.25) is 0 Å². The molecule has 3 nitrogen and oxygen atoms in total. The van der Waals surface area contributed by atoms with Crippen LogP contribution in [0.25, 0.3) is 0 Å². The van der Waals surface area contributed by atoms with Gasteiger partial charge in [-0.05, 0) is 0 Å². The van der Waals surface area contributed by atoms with Crippen LogP contribution in [-0.4, -0.2) is 5.26 Å². The predicted octanol–water partition coefficient (Wildman–Crippen LogP) is 2.09. The van der Waals surface area contributed by atoms with E-state index in [9.17, 15) is 0 Å². The van der Waals surface area contributed by atoms with Crippen molar-refractivity contribution in [2.75, 3.05) is 0 Å². The molecule has 1 N–H and O–H groups in total. The molecule has 0 rings (SSSR count). The summed E-state index contributed by atoms with van der Waals surface area (Å²) in [6.45, 7) is 6.99. The van der Waals surface area contributed by atoms with E-state index in [2.05, 4.69) is 23.1 Å². The van der Waals surface area contributed by atoms with Gasteiger partial charge < -0.3 is 0 Å². The molecule has 1 radical (unpaired) electrons. The third-order valence-corrected chi connectivity index (χ3v) is 0.899. The summed E-state index contributed by atoms with van der Waals surface area (Å²) in [7, 11) is 0. The van der Waals surface area contributed by atoms with Crippen LogP contribution in [0.2, 0.25) is 0 Å². The number of hydrogen-bond donors (Lipinski definition) is 1. The van der Waals surface area contributed by atoms with Gasteiger partial charge in [0, 0.05) is 12.8 Å². The van der Waals surface area contributed by atoms with Gasteiger partial charge in [0.25, 0.3) is 0 Å².